The van der Waals surface area contributed by atoms with Crippen LogP contribution in [0.1, 0.15) is 137 Å². The van der Waals surface area contributed by atoms with Gasteiger partial charge in [0, 0.05) is 57.2 Å². The third kappa shape index (κ3) is 11.0. The van der Waals surface area contributed by atoms with Gasteiger partial charge < -0.3 is 56.1 Å². The molecule has 0 amide bonds. The molecule has 5 aliphatic carbocycles. The second-order valence-corrected chi connectivity index (χ2v) is 31.0. The molecular weight excluding hydrogens is 1170 g/mol. The molecule has 8 aliphatic rings. The van der Waals surface area contributed by atoms with E-state index in [1.807, 2.05) is 60.7 Å². The first-order valence-corrected chi connectivity index (χ1v) is 33.6. The smallest absolute Gasteiger partial charge is 0.507 e. The van der Waals surface area contributed by atoms with Gasteiger partial charge in [-0.05, 0) is 136 Å². The first-order valence-electron chi connectivity index (χ1n) is 30.3. The quantitative estimate of drug-likeness (QED) is 0.0775. The molecule has 5 aromatic carbocycles. The number of hydrogen-bond acceptors (Lipinski definition) is 14. The Labute approximate surface area is 520 Å². The fourth-order valence-electron chi connectivity index (χ4n) is 13.4. The number of fused-ring (bicyclic) bond motifs is 7. The van der Waals surface area contributed by atoms with Crippen molar-refractivity contribution in [1.82, 2.24) is 0 Å². The van der Waals surface area contributed by atoms with E-state index in [4.69, 9.17) is 54.9 Å². The average Bonchev–Trinajstić information content (AvgIpc) is 1.35. The second kappa shape index (κ2) is 22.5. The molecule has 0 spiro atoms. The summed E-state index contributed by atoms with van der Waals surface area (Å²) in [7, 11) is -1.49. The van der Waals surface area contributed by atoms with E-state index in [2.05, 4.69) is 126 Å². The Kier molecular flexibility index (Phi) is 15.4. The Balaban J connectivity index is 0.901. The van der Waals surface area contributed by atoms with Crippen LogP contribution >= 0.6 is 25.8 Å². The highest BCUT2D eigenvalue weighted by Crippen LogP contribution is 2.65. The second-order valence-electron chi connectivity index (χ2n) is 28.0. The van der Waals surface area contributed by atoms with Crippen LogP contribution < -0.4 is 27.6 Å². The standard InChI is InChI=1S/C71H79O14P3/c1-68(2,3)50-31-42(72)30-46(62(50)80-87-78-55-25-17-21-39-28-38-20-16-24-54(73)58(38)66(84-87)59(39)55)47-32-43(74-13)35-51(69(4,5)6)63(47)83-88-79-57-27-19-23-41-29-40-22-18-26-56(60(40)67(85-88)61(41)57)77-86-81-64-48(33-44(75-14)36-52(64)70(7,8)9)49-34-45(76-15)37-53(65(49)82-86)71(10,11)12/h16-21,23-26,28,30,32-37,40-42,48,57,64,72-73H,22,27,29,31H2,1-15H3. The zero-order chi connectivity index (χ0) is 62.1. The number of aliphatic hydroxyl groups is 1. The summed E-state index contributed by atoms with van der Waals surface area (Å²) in [6.07, 6.45) is 15.5. The predicted octanol–water partition coefficient (Wildman–Crippen LogP) is 18.9. The van der Waals surface area contributed by atoms with Crippen LogP contribution in [0.5, 0.6) is 40.2 Å². The van der Waals surface area contributed by atoms with E-state index in [-0.39, 0.29) is 46.9 Å². The molecule has 3 heterocycles. The number of aliphatic hydroxyl groups excluding tert-OH is 1. The number of methoxy groups -OCH3 is 3. The van der Waals surface area contributed by atoms with Crippen LogP contribution in [0.4, 0.5) is 0 Å². The molecule has 462 valence electrons. The number of aromatic hydroxyl groups is 1. The molecular formula is C71H79O14P3. The van der Waals surface area contributed by atoms with Crippen LogP contribution in [-0.2, 0) is 38.2 Å². The molecule has 0 fully saturated rings. The van der Waals surface area contributed by atoms with Crippen molar-refractivity contribution in [3.8, 4) is 40.2 Å². The van der Waals surface area contributed by atoms with Crippen LogP contribution in [0, 0.1) is 22.7 Å². The molecule has 0 bridgehead atoms. The summed E-state index contributed by atoms with van der Waals surface area (Å²) in [4.78, 5) is 0. The molecule has 9 unspecified atom stereocenters. The van der Waals surface area contributed by atoms with Crippen LogP contribution in [0.15, 0.2) is 155 Å². The molecule has 9 atom stereocenters. The maximum atomic E-state index is 12.1. The highest BCUT2D eigenvalue weighted by atomic mass is 31.2. The molecule has 13 rings (SSSR count). The maximum absolute atomic E-state index is 12.1. The number of phenols is 1. The first-order chi connectivity index (χ1) is 41.8. The normalized spacial score (nSPS) is 25.7. The maximum Gasteiger partial charge on any atom is 0.530 e. The molecule has 0 aromatic heterocycles. The molecule has 5 aromatic rings. The van der Waals surface area contributed by atoms with E-state index in [9.17, 15) is 10.2 Å². The van der Waals surface area contributed by atoms with Crippen molar-refractivity contribution >= 4 is 52.9 Å². The van der Waals surface area contributed by atoms with Gasteiger partial charge in [0.25, 0.3) is 0 Å². The Morgan fingerprint density at radius 1 is 0.636 bits per heavy atom. The summed E-state index contributed by atoms with van der Waals surface area (Å²) in [5.74, 6) is 5.96. The fourth-order valence-corrected chi connectivity index (χ4v) is 17.0. The van der Waals surface area contributed by atoms with Gasteiger partial charge in [0.15, 0.2) is 5.75 Å². The Morgan fingerprint density at radius 3 is 2.06 bits per heavy atom. The van der Waals surface area contributed by atoms with Crippen molar-refractivity contribution in [3.05, 3.63) is 177 Å². The van der Waals surface area contributed by atoms with E-state index in [0.29, 0.717) is 69.0 Å². The number of allylic oxidation sites excluding steroid dienone is 6. The number of rotatable bonds is 10. The van der Waals surface area contributed by atoms with E-state index < -0.39 is 48.8 Å². The summed E-state index contributed by atoms with van der Waals surface area (Å²) in [6.45, 7) is 25.8. The number of phenolic OH excluding ortho intramolecular Hbond substituents is 1. The van der Waals surface area contributed by atoms with Crippen molar-refractivity contribution in [2.45, 2.75) is 144 Å². The lowest BCUT2D eigenvalue weighted by molar-refractivity contribution is 0.137. The molecule has 0 saturated carbocycles. The predicted molar refractivity (Wildman–Crippen MR) is 346 cm³/mol. The summed E-state index contributed by atoms with van der Waals surface area (Å²) in [5.41, 5.74) is 6.04. The first kappa shape index (κ1) is 60.4. The van der Waals surface area contributed by atoms with Gasteiger partial charge >= 0.3 is 25.8 Å². The van der Waals surface area contributed by atoms with E-state index >= 15 is 0 Å². The van der Waals surface area contributed by atoms with Gasteiger partial charge in [-0.3, -0.25) is 9.05 Å². The van der Waals surface area contributed by atoms with Gasteiger partial charge in [-0.25, -0.2) is 0 Å². The molecule has 88 heavy (non-hydrogen) atoms. The van der Waals surface area contributed by atoms with Gasteiger partial charge in [0.05, 0.1) is 44.3 Å². The average molecular weight is 1250 g/mol. The zero-order valence-corrected chi connectivity index (χ0v) is 55.5. The molecule has 17 heteroatoms. The van der Waals surface area contributed by atoms with Crippen molar-refractivity contribution in [3.63, 3.8) is 0 Å². The summed E-state index contributed by atoms with van der Waals surface area (Å²) < 4.78 is 82.6. The lowest BCUT2D eigenvalue weighted by atomic mass is 9.70. The molecule has 0 saturated heterocycles. The van der Waals surface area contributed by atoms with Gasteiger partial charge in [-0.15, -0.1) is 0 Å². The minimum Gasteiger partial charge on any atom is -0.507 e. The molecule has 3 aliphatic heterocycles. The number of ether oxygens (including phenoxy) is 3. The lowest BCUT2D eigenvalue weighted by Gasteiger charge is -2.44. The van der Waals surface area contributed by atoms with Gasteiger partial charge in [-0.2, -0.15) is 0 Å². The highest BCUT2D eigenvalue weighted by molar-refractivity contribution is 7.43. The minimum absolute atomic E-state index is 0.0220. The Bertz CT molecular complexity index is 3930. The SMILES string of the molecule is COC1=CC2c3cc(OC)cc(C(C)(C)C)c3OP(OC3=C4C5=C6C(C=CCC6OP(Oc6c(C7=CC(O)CC(C(C)(C)C)=C7OP7Oc8cccc9cc%10cccc(O)c%10c(c89)O7)cc(OC)cc6C(C)(C)C)O5)CC4CC=C3)OC2C(C(C)(C)C)=C1. The molecule has 0 radical (unpaired) electrons. The van der Waals surface area contributed by atoms with E-state index in [1.54, 1.807) is 27.4 Å². The van der Waals surface area contributed by atoms with Crippen molar-refractivity contribution in [2.75, 3.05) is 21.3 Å². The van der Waals surface area contributed by atoms with Gasteiger partial charge in [0.2, 0.25) is 0 Å². The monoisotopic (exact) mass is 1250 g/mol. The minimum atomic E-state index is -2.21. The van der Waals surface area contributed by atoms with Crippen molar-refractivity contribution in [2.24, 2.45) is 22.7 Å². The van der Waals surface area contributed by atoms with Gasteiger partial charge in [0.1, 0.15) is 63.6 Å². The fraction of sp³-hybridized carbons (Fsp3) is 0.408. The van der Waals surface area contributed by atoms with Crippen molar-refractivity contribution in [1.29, 1.82) is 0 Å². The third-order valence-electron chi connectivity index (χ3n) is 17.8. The number of hydrogen-bond donors (Lipinski definition) is 2. The number of benzene rings is 5. The summed E-state index contributed by atoms with van der Waals surface area (Å²) in [5, 5.41) is 26.4. The zero-order valence-electron chi connectivity index (χ0n) is 52.8. The van der Waals surface area contributed by atoms with E-state index in [0.717, 1.165) is 79.5 Å². The molecule has 2 N–H and O–H groups in total. The van der Waals surface area contributed by atoms with Crippen molar-refractivity contribution < 1.29 is 65.1 Å². The van der Waals surface area contributed by atoms with Gasteiger partial charge in [-0.1, -0.05) is 126 Å². The Morgan fingerprint density at radius 2 is 1.34 bits per heavy atom. The highest BCUT2D eigenvalue weighted by Gasteiger charge is 2.50. The lowest BCUT2D eigenvalue weighted by Crippen LogP contribution is -2.35. The van der Waals surface area contributed by atoms with Crippen LogP contribution in [0.2, 0.25) is 0 Å². The third-order valence-corrected chi connectivity index (χ3v) is 21.0. The Hall–Kier alpha value is -6.49. The van der Waals surface area contributed by atoms with E-state index in [1.165, 1.54) is 0 Å². The summed E-state index contributed by atoms with van der Waals surface area (Å²) in [6, 6.07) is 21.3. The van der Waals surface area contributed by atoms with Crippen LogP contribution in [-0.4, -0.2) is 49.9 Å². The van der Waals surface area contributed by atoms with Crippen LogP contribution in [0.3, 0.4) is 0 Å². The summed E-state index contributed by atoms with van der Waals surface area (Å²) >= 11 is 0. The van der Waals surface area contributed by atoms with Crippen LogP contribution in [0.25, 0.3) is 27.1 Å². The topological polar surface area (TPSA) is 151 Å². The molecule has 14 nitrogen and oxygen atoms in total. The largest absolute Gasteiger partial charge is 0.530 e.